The molecule has 0 spiro atoms. The maximum Gasteiger partial charge on any atom is 0.241 e. The highest BCUT2D eigenvalue weighted by Gasteiger charge is 2.43. The van der Waals surface area contributed by atoms with Crippen LogP contribution >= 0.6 is 0 Å². The van der Waals surface area contributed by atoms with Gasteiger partial charge in [0.1, 0.15) is 6.04 Å². The number of nitrogens with zero attached hydrogens (tertiary/aromatic N) is 2. The van der Waals surface area contributed by atoms with Crippen LogP contribution in [0.4, 0.5) is 0 Å². The van der Waals surface area contributed by atoms with Crippen molar-refractivity contribution in [3.63, 3.8) is 0 Å². The SMILES string of the molecule is CNN1C2CCC1C(=O)N(C)C2. The number of carbonyl (C=O) groups excluding carboxylic acids is 1. The Morgan fingerprint density at radius 1 is 1.50 bits per heavy atom. The fourth-order valence-electron chi connectivity index (χ4n) is 2.30. The van der Waals surface area contributed by atoms with Gasteiger partial charge < -0.3 is 4.90 Å². The average molecular weight is 169 g/mol. The van der Waals surface area contributed by atoms with Crippen LogP contribution in [0.25, 0.3) is 0 Å². The highest BCUT2D eigenvalue weighted by Crippen LogP contribution is 2.27. The number of amides is 1. The lowest BCUT2D eigenvalue weighted by atomic mass is 10.2. The molecule has 12 heavy (non-hydrogen) atoms. The van der Waals surface area contributed by atoms with Gasteiger partial charge in [-0.15, -0.1) is 0 Å². The second-order valence-electron chi connectivity index (χ2n) is 3.60. The molecule has 68 valence electrons. The third-order valence-corrected chi connectivity index (χ3v) is 2.91. The molecule has 2 unspecified atom stereocenters. The summed E-state index contributed by atoms with van der Waals surface area (Å²) in [5, 5.41) is 2.10. The van der Waals surface area contributed by atoms with Gasteiger partial charge in [-0.2, -0.15) is 0 Å². The molecule has 0 aromatic carbocycles. The molecule has 0 radical (unpaired) electrons. The Morgan fingerprint density at radius 3 is 2.92 bits per heavy atom. The Hall–Kier alpha value is -0.610. The normalized spacial score (nSPS) is 36.2. The van der Waals surface area contributed by atoms with E-state index in [0.717, 1.165) is 19.4 Å². The summed E-state index contributed by atoms with van der Waals surface area (Å²) < 4.78 is 0. The third-order valence-electron chi connectivity index (χ3n) is 2.91. The summed E-state index contributed by atoms with van der Waals surface area (Å²) in [6, 6.07) is 0.626. The van der Waals surface area contributed by atoms with Crippen LogP contribution in [0.3, 0.4) is 0 Å². The lowest BCUT2D eigenvalue weighted by molar-refractivity contribution is -0.141. The molecule has 2 aliphatic heterocycles. The molecule has 0 aromatic heterocycles. The molecule has 4 nitrogen and oxygen atoms in total. The van der Waals surface area contributed by atoms with Gasteiger partial charge in [-0.05, 0) is 19.9 Å². The maximum atomic E-state index is 11.6. The average Bonchev–Trinajstić information content (AvgIpc) is 2.39. The van der Waals surface area contributed by atoms with Gasteiger partial charge >= 0.3 is 0 Å². The highest BCUT2D eigenvalue weighted by molar-refractivity contribution is 5.83. The molecule has 2 atom stereocenters. The van der Waals surface area contributed by atoms with E-state index in [1.54, 1.807) is 0 Å². The third kappa shape index (κ3) is 0.949. The van der Waals surface area contributed by atoms with E-state index in [-0.39, 0.29) is 11.9 Å². The van der Waals surface area contributed by atoms with E-state index < -0.39 is 0 Å². The van der Waals surface area contributed by atoms with Crippen LogP contribution in [-0.2, 0) is 4.79 Å². The Labute approximate surface area is 72.5 Å². The number of hydrogen-bond acceptors (Lipinski definition) is 3. The summed E-state index contributed by atoms with van der Waals surface area (Å²) in [4.78, 5) is 13.4. The summed E-state index contributed by atoms with van der Waals surface area (Å²) in [6.07, 6.45) is 2.15. The number of hydrazine groups is 1. The van der Waals surface area contributed by atoms with Gasteiger partial charge in [0, 0.05) is 19.6 Å². The first-order valence-electron chi connectivity index (χ1n) is 4.44. The Morgan fingerprint density at radius 2 is 2.25 bits per heavy atom. The van der Waals surface area contributed by atoms with Crippen LogP contribution in [0.5, 0.6) is 0 Å². The van der Waals surface area contributed by atoms with Crippen molar-refractivity contribution in [1.82, 2.24) is 15.3 Å². The van der Waals surface area contributed by atoms with E-state index in [9.17, 15) is 4.79 Å². The summed E-state index contributed by atoms with van der Waals surface area (Å²) in [5.74, 6) is 0.262. The lowest BCUT2D eigenvalue weighted by Gasteiger charge is -2.37. The Bertz CT molecular complexity index is 206. The second kappa shape index (κ2) is 2.71. The molecule has 0 aliphatic carbocycles. The van der Waals surface area contributed by atoms with Crippen LogP contribution in [0, 0.1) is 0 Å². The van der Waals surface area contributed by atoms with Gasteiger partial charge in [0.25, 0.3) is 0 Å². The standard InChI is InChI=1S/C8H15N3O/c1-9-11-6-3-4-7(11)8(12)10(2)5-6/h6-7,9H,3-5H2,1-2H3. The van der Waals surface area contributed by atoms with Gasteiger partial charge in [0.2, 0.25) is 5.91 Å². The van der Waals surface area contributed by atoms with E-state index in [4.69, 9.17) is 0 Å². The number of fused-ring (bicyclic) bond motifs is 2. The summed E-state index contributed by atoms with van der Waals surface area (Å²) in [5.41, 5.74) is 3.10. The lowest BCUT2D eigenvalue weighted by Crippen LogP contribution is -2.59. The molecule has 2 heterocycles. The van der Waals surface area contributed by atoms with Crippen LogP contribution in [0.15, 0.2) is 0 Å². The van der Waals surface area contributed by atoms with Crippen molar-refractivity contribution in [2.45, 2.75) is 24.9 Å². The van der Waals surface area contributed by atoms with E-state index in [2.05, 4.69) is 10.4 Å². The van der Waals surface area contributed by atoms with Crippen molar-refractivity contribution in [3.8, 4) is 0 Å². The zero-order valence-corrected chi connectivity index (χ0v) is 7.58. The van der Waals surface area contributed by atoms with Crippen molar-refractivity contribution < 1.29 is 4.79 Å². The first-order valence-corrected chi connectivity index (χ1v) is 4.44. The zero-order valence-electron chi connectivity index (χ0n) is 7.58. The van der Waals surface area contributed by atoms with Gasteiger partial charge in [-0.3, -0.25) is 10.2 Å². The zero-order chi connectivity index (χ0) is 8.72. The van der Waals surface area contributed by atoms with Gasteiger partial charge in [-0.25, -0.2) is 5.01 Å². The number of hydrogen-bond donors (Lipinski definition) is 1. The first kappa shape index (κ1) is 8.01. The van der Waals surface area contributed by atoms with E-state index >= 15 is 0 Å². The number of rotatable bonds is 1. The number of piperazine rings is 1. The van der Waals surface area contributed by atoms with E-state index in [0.29, 0.717) is 6.04 Å². The van der Waals surface area contributed by atoms with Gasteiger partial charge in [0.05, 0.1) is 0 Å². The van der Waals surface area contributed by atoms with Crippen LogP contribution in [-0.4, -0.2) is 48.5 Å². The molecule has 0 saturated carbocycles. The Kier molecular flexibility index (Phi) is 1.81. The van der Waals surface area contributed by atoms with Crippen LogP contribution in [0.2, 0.25) is 0 Å². The molecule has 4 heteroatoms. The van der Waals surface area contributed by atoms with Crippen molar-refractivity contribution in [2.75, 3.05) is 20.6 Å². The van der Waals surface area contributed by atoms with Crippen molar-refractivity contribution >= 4 is 5.91 Å². The molecule has 2 rings (SSSR count). The molecule has 0 aromatic rings. The minimum atomic E-state index is 0.0961. The summed E-state index contributed by atoms with van der Waals surface area (Å²) in [7, 11) is 3.78. The molecule has 2 fully saturated rings. The Balaban J connectivity index is 2.19. The van der Waals surface area contributed by atoms with Crippen molar-refractivity contribution in [3.05, 3.63) is 0 Å². The van der Waals surface area contributed by atoms with Crippen LogP contribution < -0.4 is 5.43 Å². The maximum absolute atomic E-state index is 11.6. The highest BCUT2D eigenvalue weighted by atomic mass is 16.2. The molecule has 2 bridgehead atoms. The second-order valence-corrected chi connectivity index (χ2v) is 3.60. The number of likely N-dealkylation sites (N-methyl/N-ethyl adjacent to an activating group) is 1. The summed E-state index contributed by atoms with van der Waals surface area (Å²) >= 11 is 0. The molecule has 2 aliphatic rings. The molecular formula is C8H15N3O. The topological polar surface area (TPSA) is 35.6 Å². The van der Waals surface area contributed by atoms with Gasteiger partial charge in [0.15, 0.2) is 0 Å². The van der Waals surface area contributed by atoms with Crippen LogP contribution in [0.1, 0.15) is 12.8 Å². The van der Waals surface area contributed by atoms with E-state index in [1.165, 1.54) is 0 Å². The molecule has 2 saturated heterocycles. The van der Waals surface area contributed by atoms with Crippen molar-refractivity contribution in [1.29, 1.82) is 0 Å². The van der Waals surface area contributed by atoms with Crippen molar-refractivity contribution in [2.24, 2.45) is 0 Å². The monoisotopic (exact) mass is 169 g/mol. The molecule has 1 amide bonds. The fraction of sp³-hybridized carbons (Fsp3) is 0.875. The fourth-order valence-corrected chi connectivity index (χ4v) is 2.30. The predicted octanol–water partition coefficient (Wildman–Crippen LogP) is -0.574. The number of carbonyl (C=O) groups is 1. The predicted molar refractivity (Wildman–Crippen MR) is 45.3 cm³/mol. The number of nitrogens with one attached hydrogen (secondary N) is 1. The first-order chi connectivity index (χ1) is 5.74. The minimum absolute atomic E-state index is 0.0961. The largest absolute Gasteiger partial charge is 0.343 e. The number of likely N-dealkylation sites (tertiary alicyclic amines) is 1. The summed E-state index contributed by atoms with van der Waals surface area (Å²) in [6.45, 7) is 0.871. The molecule has 1 N–H and O–H groups in total. The molecular weight excluding hydrogens is 154 g/mol. The van der Waals surface area contributed by atoms with E-state index in [1.807, 2.05) is 19.0 Å². The minimum Gasteiger partial charge on any atom is -0.343 e. The van der Waals surface area contributed by atoms with Gasteiger partial charge in [-0.1, -0.05) is 0 Å². The quantitative estimate of drug-likeness (QED) is 0.571. The smallest absolute Gasteiger partial charge is 0.241 e.